The summed E-state index contributed by atoms with van der Waals surface area (Å²) in [4.78, 5) is 0. The highest BCUT2D eigenvalue weighted by Crippen LogP contribution is 2.20. The largest absolute Gasteiger partial charge is 0.308 e. The van der Waals surface area contributed by atoms with Gasteiger partial charge in [-0.3, -0.25) is 0 Å². The molecular formula is C12H13BrN4. The van der Waals surface area contributed by atoms with E-state index < -0.39 is 0 Å². The Labute approximate surface area is 108 Å². The van der Waals surface area contributed by atoms with Crippen molar-refractivity contribution in [3.05, 3.63) is 40.6 Å². The van der Waals surface area contributed by atoms with E-state index in [9.17, 15) is 0 Å². The second-order valence-electron chi connectivity index (χ2n) is 4.27. The third-order valence-electron chi connectivity index (χ3n) is 2.84. The first-order valence-electron chi connectivity index (χ1n) is 5.72. The molecule has 1 aromatic heterocycles. The number of aromatic nitrogens is 3. The van der Waals surface area contributed by atoms with Gasteiger partial charge in [-0.15, -0.1) is 5.10 Å². The molecule has 0 saturated heterocycles. The van der Waals surface area contributed by atoms with Gasteiger partial charge in [0.2, 0.25) is 0 Å². The van der Waals surface area contributed by atoms with Gasteiger partial charge in [0.1, 0.15) is 0 Å². The lowest BCUT2D eigenvalue weighted by Crippen LogP contribution is -2.18. The predicted octanol–water partition coefficient (Wildman–Crippen LogP) is 2.28. The third kappa shape index (κ3) is 2.56. The van der Waals surface area contributed by atoms with Gasteiger partial charge in [0.15, 0.2) is 0 Å². The fourth-order valence-electron chi connectivity index (χ4n) is 1.71. The highest BCUT2D eigenvalue weighted by atomic mass is 79.9. The van der Waals surface area contributed by atoms with Crippen LogP contribution in [0.1, 0.15) is 18.5 Å². The van der Waals surface area contributed by atoms with Gasteiger partial charge in [0, 0.05) is 17.1 Å². The van der Waals surface area contributed by atoms with Crippen LogP contribution in [-0.4, -0.2) is 21.0 Å². The lowest BCUT2D eigenvalue weighted by molar-refractivity contribution is 0.647. The summed E-state index contributed by atoms with van der Waals surface area (Å²) in [7, 11) is 0. The summed E-state index contributed by atoms with van der Waals surface area (Å²) in [5.41, 5.74) is 2.14. The average molecular weight is 293 g/mol. The van der Waals surface area contributed by atoms with Crippen LogP contribution in [0.15, 0.2) is 34.9 Å². The van der Waals surface area contributed by atoms with E-state index in [1.54, 1.807) is 0 Å². The van der Waals surface area contributed by atoms with E-state index in [2.05, 4.69) is 31.6 Å². The molecule has 5 heteroatoms. The van der Waals surface area contributed by atoms with Crippen LogP contribution in [0.25, 0.3) is 5.69 Å². The summed E-state index contributed by atoms with van der Waals surface area (Å²) in [5, 5.41) is 11.6. The van der Waals surface area contributed by atoms with E-state index in [0.717, 1.165) is 22.4 Å². The minimum atomic E-state index is 0.697. The van der Waals surface area contributed by atoms with Crippen LogP contribution >= 0.6 is 15.9 Å². The zero-order valence-corrected chi connectivity index (χ0v) is 10.9. The Balaban J connectivity index is 1.81. The fourth-order valence-corrected chi connectivity index (χ4v) is 1.98. The van der Waals surface area contributed by atoms with Gasteiger partial charge in [-0.1, -0.05) is 21.1 Å². The van der Waals surface area contributed by atoms with Gasteiger partial charge < -0.3 is 5.32 Å². The highest BCUT2D eigenvalue weighted by Gasteiger charge is 2.20. The summed E-state index contributed by atoms with van der Waals surface area (Å²) in [5.74, 6) is 0. The van der Waals surface area contributed by atoms with Crippen molar-refractivity contribution >= 4 is 15.9 Å². The Bertz CT molecular complexity index is 501. The Kier molecular flexibility index (Phi) is 2.94. The second-order valence-corrected chi connectivity index (χ2v) is 5.18. The predicted molar refractivity (Wildman–Crippen MR) is 68.9 cm³/mol. The molecule has 0 radical (unpaired) electrons. The molecule has 0 amide bonds. The van der Waals surface area contributed by atoms with Crippen LogP contribution in [0.5, 0.6) is 0 Å². The van der Waals surface area contributed by atoms with Crippen LogP contribution < -0.4 is 5.32 Å². The van der Waals surface area contributed by atoms with Gasteiger partial charge in [0.05, 0.1) is 17.6 Å². The Morgan fingerprint density at radius 3 is 2.76 bits per heavy atom. The summed E-state index contributed by atoms with van der Waals surface area (Å²) in [6.07, 6.45) is 4.40. The smallest absolute Gasteiger partial charge is 0.0783 e. The molecule has 0 aliphatic heterocycles. The number of hydrogen-bond acceptors (Lipinski definition) is 3. The summed E-state index contributed by atoms with van der Waals surface area (Å²) in [6, 6.07) is 8.77. The Morgan fingerprint density at radius 1 is 1.29 bits per heavy atom. The summed E-state index contributed by atoms with van der Waals surface area (Å²) in [6.45, 7) is 0.827. The van der Waals surface area contributed by atoms with Crippen LogP contribution in [0.3, 0.4) is 0 Å². The quantitative estimate of drug-likeness (QED) is 0.940. The highest BCUT2D eigenvalue weighted by molar-refractivity contribution is 9.10. The first-order valence-corrected chi connectivity index (χ1v) is 6.51. The van der Waals surface area contributed by atoms with E-state index in [1.165, 1.54) is 12.8 Å². The van der Waals surface area contributed by atoms with Gasteiger partial charge in [-0.25, -0.2) is 4.68 Å². The molecular weight excluding hydrogens is 280 g/mol. The maximum absolute atomic E-state index is 4.13. The van der Waals surface area contributed by atoms with E-state index >= 15 is 0 Å². The standard InChI is InChI=1S/C12H13BrN4/c13-9-1-5-11(6-2-9)17-12(8-15-16-17)7-14-10-3-4-10/h1-2,5-6,8,10,14H,3-4,7H2. The molecule has 2 aromatic rings. The van der Waals surface area contributed by atoms with Crippen LogP contribution in [0.4, 0.5) is 0 Å². The zero-order chi connectivity index (χ0) is 11.7. The molecule has 17 heavy (non-hydrogen) atoms. The number of nitrogens with one attached hydrogen (secondary N) is 1. The number of halogens is 1. The van der Waals surface area contributed by atoms with E-state index in [1.807, 2.05) is 35.1 Å². The first-order chi connectivity index (χ1) is 8.33. The molecule has 1 aromatic carbocycles. The molecule has 88 valence electrons. The molecule has 1 fully saturated rings. The van der Waals surface area contributed by atoms with E-state index in [-0.39, 0.29) is 0 Å². The van der Waals surface area contributed by atoms with Crippen LogP contribution in [0, 0.1) is 0 Å². The normalized spacial score (nSPS) is 15.1. The lowest BCUT2D eigenvalue weighted by Gasteiger charge is -2.06. The number of hydrogen-bond donors (Lipinski definition) is 1. The topological polar surface area (TPSA) is 42.7 Å². The molecule has 1 N–H and O–H groups in total. The molecule has 3 rings (SSSR count). The number of benzene rings is 1. The molecule has 1 aliphatic carbocycles. The molecule has 0 atom stereocenters. The van der Waals surface area contributed by atoms with Gasteiger partial charge in [0.25, 0.3) is 0 Å². The van der Waals surface area contributed by atoms with Gasteiger partial charge in [-0.05, 0) is 37.1 Å². The van der Waals surface area contributed by atoms with Crippen molar-refractivity contribution in [1.82, 2.24) is 20.3 Å². The molecule has 1 heterocycles. The SMILES string of the molecule is Brc1ccc(-n2nncc2CNC2CC2)cc1. The van der Waals surface area contributed by atoms with Crippen molar-refractivity contribution < 1.29 is 0 Å². The van der Waals surface area contributed by atoms with Crippen molar-refractivity contribution in [2.24, 2.45) is 0 Å². The second kappa shape index (κ2) is 4.58. The maximum atomic E-state index is 4.13. The van der Waals surface area contributed by atoms with Gasteiger partial charge in [-0.2, -0.15) is 0 Å². The third-order valence-corrected chi connectivity index (χ3v) is 3.37. The van der Waals surface area contributed by atoms with E-state index in [4.69, 9.17) is 0 Å². The van der Waals surface area contributed by atoms with Gasteiger partial charge >= 0.3 is 0 Å². The van der Waals surface area contributed by atoms with Crippen LogP contribution in [-0.2, 0) is 6.54 Å². The van der Waals surface area contributed by atoms with E-state index in [0.29, 0.717) is 6.04 Å². The Hall–Kier alpha value is -1.20. The molecule has 0 spiro atoms. The zero-order valence-electron chi connectivity index (χ0n) is 9.31. The van der Waals surface area contributed by atoms with Crippen molar-refractivity contribution in [3.8, 4) is 5.69 Å². The molecule has 0 unspecified atom stereocenters. The van der Waals surface area contributed by atoms with Crippen molar-refractivity contribution in [1.29, 1.82) is 0 Å². The maximum Gasteiger partial charge on any atom is 0.0783 e. The summed E-state index contributed by atoms with van der Waals surface area (Å²) >= 11 is 3.43. The monoisotopic (exact) mass is 292 g/mol. The molecule has 1 saturated carbocycles. The molecule has 1 aliphatic rings. The minimum Gasteiger partial charge on any atom is -0.308 e. The number of nitrogens with zero attached hydrogens (tertiary/aromatic N) is 3. The molecule has 0 bridgehead atoms. The Morgan fingerprint density at radius 2 is 2.06 bits per heavy atom. The van der Waals surface area contributed by atoms with Crippen molar-refractivity contribution in [2.45, 2.75) is 25.4 Å². The van der Waals surface area contributed by atoms with Crippen molar-refractivity contribution in [3.63, 3.8) is 0 Å². The number of rotatable bonds is 4. The fraction of sp³-hybridized carbons (Fsp3) is 0.333. The lowest BCUT2D eigenvalue weighted by atomic mass is 10.3. The van der Waals surface area contributed by atoms with Crippen molar-refractivity contribution in [2.75, 3.05) is 0 Å². The van der Waals surface area contributed by atoms with Crippen LogP contribution in [0.2, 0.25) is 0 Å². The first kappa shape index (κ1) is 10.9. The average Bonchev–Trinajstić information content (AvgIpc) is 3.06. The minimum absolute atomic E-state index is 0.697. The summed E-state index contributed by atoms with van der Waals surface area (Å²) < 4.78 is 2.95. The molecule has 4 nitrogen and oxygen atoms in total.